The summed E-state index contributed by atoms with van der Waals surface area (Å²) in [4.78, 5) is 7.03. The highest BCUT2D eigenvalue weighted by atomic mass is 35.5. The summed E-state index contributed by atoms with van der Waals surface area (Å²) in [6.45, 7) is 2.71. The van der Waals surface area contributed by atoms with Gasteiger partial charge in [-0.1, -0.05) is 23.7 Å². The van der Waals surface area contributed by atoms with E-state index < -0.39 is 0 Å². The van der Waals surface area contributed by atoms with Gasteiger partial charge in [-0.25, -0.2) is 5.90 Å². The molecule has 0 aromatic heterocycles. The predicted octanol–water partition coefficient (Wildman–Crippen LogP) is 2.45. The molecule has 0 bridgehead atoms. The maximum Gasteiger partial charge on any atom is 0.0708 e. The molecule has 1 heterocycles. The first kappa shape index (κ1) is 11.7. The monoisotopic (exact) mass is 240 g/mol. The minimum Gasteiger partial charge on any atom is -0.370 e. The lowest BCUT2D eigenvalue weighted by Crippen LogP contribution is -2.35. The summed E-state index contributed by atoms with van der Waals surface area (Å²) in [5.74, 6) is 5.68. The first-order valence-electron chi connectivity index (χ1n) is 5.62. The third-order valence-corrected chi connectivity index (χ3v) is 3.46. The topological polar surface area (TPSA) is 38.5 Å². The van der Waals surface area contributed by atoms with Crippen LogP contribution >= 0.6 is 11.6 Å². The Labute approximate surface area is 101 Å². The van der Waals surface area contributed by atoms with Crippen LogP contribution in [0.25, 0.3) is 0 Å². The van der Waals surface area contributed by atoms with Crippen molar-refractivity contribution in [2.75, 3.05) is 24.6 Å². The average molecular weight is 241 g/mol. The Morgan fingerprint density at radius 2 is 2.00 bits per heavy atom. The van der Waals surface area contributed by atoms with Crippen molar-refractivity contribution < 1.29 is 4.84 Å². The number of nitrogens with zero attached hydrogens (tertiary/aromatic N) is 1. The van der Waals surface area contributed by atoms with E-state index in [9.17, 15) is 0 Å². The molecule has 1 saturated heterocycles. The Kier molecular flexibility index (Phi) is 4.04. The summed E-state index contributed by atoms with van der Waals surface area (Å²) in [6.07, 6.45) is 2.23. The SMILES string of the molecule is NOCC1CCN(c2ccccc2Cl)CC1. The molecule has 0 saturated carbocycles. The van der Waals surface area contributed by atoms with Crippen LogP contribution in [0.15, 0.2) is 24.3 Å². The fourth-order valence-corrected chi connectivity index (χ4v) is 2.44. The van der Waals surface area contributed by atoms with Crippen LogP contribution in [0.2, 0.25) is 5.02 Å². The molecule has 1 aliphatic rings. The number of hydrogen-bond acceptors (Lipinski definition) is 3. The molecule has 0 radical (unpaired) electrons. The summed E-state index contributed by atoms with van der Waals surface area (Å²) < 4.78 is 0. The summed E-state index contributed by atoms with van der Waals surface area (Å²) >= 11 is 6.17. The van der Waals surface area contributed by atoms with Crippen LogP contribution < -0.4 is 10.8 Å². The van der Waals surface area contributed by atoms with E-state index >= 15 is 0 Å². The number of halogens is 1. The molecule has 0 atom stereocenters. The molecule has 0 amide bonds. The van der Waals surface area contributed by atoms with Crippen molar-refractivity contribution in [3.05, 3.63) is 29.3 Å². The molecule has 16 heavy (non-hydrogen) atoms. The standard InChI is InChI=1S/C12H17ClN2O/c13-11-3-1-2-4-12(11)15-7-5-10(6-8-15)9-16-14/h1-4,10H,5-9,14H2. The van der Waals surface area contributed by atoms with Gasteiger partial charge in [0.1, 0.15) is 0 Å². The molecule has 1 aromatic rings. The molecule has 1 aromatic carbocycles. The molecule has 1 aliphatic heterocycles. The Morgan fingerprint density at radius 3 is 2.62 bits per heavy atom. The molecule has 1 fully saturated rings. The predicted molar refractivity (Wildman–Crippen MR) is 66.5 cm³/mol. The minimum atomic E-state index is 0.587. The Bertz CT molecular complexity index is 338. The Balaban J connectivity index is 1.96. The smallest absolute Gasteiger partial charge is 0.0708 e. The van der Waals surface area contributed by atoms with Gasteiger partial charge in [0.2, 0.25) is 0 Å². The fraction of sp³-hybridized carbons (Fsp3) is 0.500. The lowest BCUT2D eigenvalue weighted by Gasteiger charge is -2.33. The van der Waals surface area contributed by atoms with Crippen molar-refractivity contribution in [2.45, 2.75) is 12.8 Å². The zero-order valence-corrected chi connectivity index (χ0v) is 9.99. The van der Waals surface area contributed by atoms with E-state index in [2.05, 4.69) is 11.0 Å². The van der Waals surface area contributed by atoms with Crippen LogP contribution in [0.4, 0.5) is 5.69 Å². The maximum absolute atomic E-state index is 6.17. The second-order valence-electron chi connectivity index (χ2n) is 4.22. The highest BCUT2D eigenvalue weighted by molar-refractivity contribution is 6.33. The molecule has 0 unspecified atom stereocenters. The van der Waals surface area contributed by atoms with Gasteiger partial charge in [0.05, 0.1) is 17.3 Å². The van der Waals surface area contributed by atoms with Gasteiger partial charge in [0, 0.05) is 13.1 Å². The van der Waals surface area contributed by atoms with Crippen molar-refractivity contribution >= 4 is 17.3 Å². The lowest BCUT2D eigenvalue weighted by atomic mass is 9.97. The van der Waals surface area contributed by atoms with Crippen molar-refractivity contribution in [1.29, 1.82) is 0 Å². The normalized spacial score (nSPS) is 17.8. The van der Waals surface area contributed by atoms with E-state index in [1.165, 1.54) is 0 Å². The van der Waals surface area contributed by atoms with E-state index in [4.69, 9.17) is 22.3 Å². The molecular formula is C12H17ClN2O. The second-order valence-corrected chi connectivity index (χ2v) is 4.62. The van der Waals surface area contributed by atoms with Crippen LogP contribution in [0.1, 0.15) is 12.8 Å². The summed E-state index contributed by atoms with van der Waals surface area (Å²) in [6, 6.07) is 7.99. The maximum atomic E-state index is 6.17. The summed E-state index contributed by atoms with van der Waals surface area (Å²) in [5, 5.41) is 0.830. The zero-order chi connectivity index (χ0) is 11.4. The van der Waals surface area contributed by atoms with Gasteiger partial charge in [-0.15, -0.1) is 0 Å². The van der Waals surface area contributed by atoms with Crippen molar-refractivity contribution in [3.8, 4) is 0 Å². The van der Waals surface area contributed by atoms with E-state index in [0.29, 0.717) is 12.5 Å². The number of piperidine rings is 1. The molecule has 2 N–H and O–H groups in total. The molecular weight excluding hydrogens is 224 g/mol. The van der Waals surface area contributed by atoms with Crippen LogP contribution in [-0.4, -0.2) is 19.7 Å². The van der Waals surface area contributed by atoms with Crippen LogP contribution in [0.5, 0.6) is 0 Å². The summed E-state index contributed by atoms with van der Waals surface area (Å²) in [7, 11) is 0. The molecule has 3 nitrogen and oxygen atoms in total. The van der Waals surface area contributed by atoms with Gasteiger partial charge in [-0.3, -0.25) is 0 Å². The highest BCUT2D eigenvalue weighted by Gasteiger charge is 2.20. The van der Waals surface area contributed by atoms with Crippen molar-refractivity contribution in [2.24, 2.45) is 11.8 Å². The highest BCUT2D eigenvalue weighted by Crippen LogP contribution is 2.29. The number of rotatable bonds is 3. The zero-order valence-electron chi connectivity index (χ0n) is 9.23. The van der Waals surface area contributed by atoms with Gasteiger partial charge < -0.3 is 9.74 Å². The first-order valence-corrected chi connectivity index (χ1v) is 6.00. The average Bonchev–Trinajstić information content (AvgIpc) is 2.31. The Hall–Kier alpha value is -0.770. The number of benzene rings is 1. The first-order chi connectivity index (χ1) is 7.81. The van der Waals surface area contributed by atoms with Gasteiger partial charge in [0.15, 0.2) is 0 Å². The van der Waals surface area contributed by atoms with E-state index in [1.807, 2.05) is 18.2 Å². The van der Waals surface area contributed by atoms with E-state index in [1.54, 1.807) is 0 Å². The third-order valence-electron chi connectivity index (χ3n) is 3.14. The quantitative estimate of drug-likeness (QED) is 0.825. The Morgan fingerprint density at radius 1 is 1.31 bits per heavy atom. The van der Waals surface area contributed by atoms with Gasteiger partial charge >= 0.3 is 0 Å². The van der Waals surface area contributed by atoms with E-state index in [0.717, 1.165) is 36.6 Å². The second kappa shape index (κ2) is 5.53. The third kappa shape index (κ3) is 2.67. The number of anilines is 1. The largest absolute Gasteiger partial charge is 0.370 e. The number of para-hydroxylation sites is 1. The summed E-state index contributed by atoms with van der Waals surface area (Å²) in [5.41, 5.74) is 1.14. The van der Waals surface area contributed by atoms with Crippen molar-refractivity contribution in [3.63, 3.8) is 0 Å². The van der Waals surface area contributed by atoms with Gasteiger partial charge in [-0.2, -0.15) is 0 Å². The van der Waals surface area contributed by atoms with Crippen molar-refractivity contribution in [1.82, 2.24) is 0 Å². The van der Waals surface area contributed by atoms with Crippen LogP contribution in [0, 0.1) is 5.92 Å². The molecule has 0 aliphatic carbocycles. The minimum absolute atomic E-state index is 0.587. The molecule has 0 spiro atoms. The van der Waals surface area contributed by atoms with Crippen LogP contribution in [-0.2, 0) is 4.84 Å². The molecule has 88 valence electrons. The van der Waals surface area contributed by atoms with Gasteiger partial charge in [-0.05, 0) is 30.9 Å². The van der Waals surface area contributed by atoms with Gasteiger partial charge in [0.25, 0.3) is 0 Å². The fourth-order valence-electron chi connectivity index (χ4n) is 2.18. The van der Waals surface area contributed by atoms with Crippen LogP contribution in [0.3, 0.4) is 0 Å². The number of hydrogen-bond donors (Lipinski definition) is 1. The lowest BCUT2D eigenvalue weighted by molar-refractivity contribution is 0.0918. The molecule has 2 rings (SSSR count). The number of nitrogens with two attached hydrogens (primary N) is 1. The molecule has 4 heteroatoms. The van der Waals surface area contributed by atoms with E-state index in [-0.39, 0.29) is 0 Å².